The number of benzene rings is 1. The Morgan fingerprint density at radius 1 is 1.11 bits per heavy atom. The first-order chi connectivity index (χ1) is 9.18. The number of nitrogens with two attached hydrogens (primary N) is 1. The molecule has 2 aromatic rings. The lowest BCUT2D eigenvalue weighted by Crippen LogP contribution is -2.19. The minimum Gasteiger partial charge on any atom is -0.369 e. The topological polar surface area (TPSA) is 65.1 Å². The summed E-state index contributed by atoms with van der Waals surface area (Å²) in [5.74, 6) is -0.607. The van der Waals surface area contributed by atoms with Crippen LogP contribution in [0.5, 0.6) is 0 Å². The van der Waals surface area contributed by atoms with Crippen LogP contribution in [0.1, 0.15) is 34.1 Å². The van der Waals surface area contributed by atoms with Crippen molar-refractivity contribution in [2.24, 2.45) is 5.73 Å². The van der Waals surface area contributed by atoms with Gasteiger partial charge in [0, 0.05) is 17.8 Å². The number of ketones is 1. The molecule has 0 bridgehead atoms. The summed E-state index contributed by atoms with van der Waals surface area (Å²) in [5.41, 5.74) is 7.51. The largest absolute Gasteiger partial charge is 0.369 e. The summed E-state index contributed by atoms with van der Waals surface area (Å²) < 4.78 is 1.91. The van der Waals surface area contributed by atoms with Crippen molar-refractivity contribution in [3.63, 3.8) is 0 Å². The van der Waals surface area contributed by atoms with Crippen LogP contribution in [-0.4, -0.2) is 16.3 Å². The van der Waals surface area contributed by atoms with Crippen molar-refractivity contribution in [1.29, 1.82) is 0 Å². The Morgan fingerprint density at radius 3 is 2.53 bits per heavy atom. The maximum absolute atomic E-state index is 12.4. The molecule has 1 aliphatic heterocycles. The Labute approximate surface area is 110 Å². The standard InChI is InChI=1S/C15H14N2O2/c16-15(19)11-8-9-17-12(11)6-7-13(17)14(18)10-4-2-1-3-5-10/h1-7,11H,8-9H2,(H2,16,19). The SMILES string of the molecule is NC(=O)C1CCn2c(C(=O)c3ccccc3)ccc21. The second-order valence-electron chi connectivity index (χ2n) is 4.73. The van der Waals surface area contributed by atoms with Gasteiger partial charge in [-0.3, -0.25) is 9.59 Å². The smallest absolute Gasteiger partial charge is 0.226 e. The number of nitrogens with zero attached hydrogens (tertiary/aromatic N) is 1. The molecule has 4 nitrogen and oxygen atoms in total. The van der Waals surface area contributed by atoms with E-state index in [1.54, 1.807) is 18.2 Å². The second-order valence-corrected chi connectivity index (χ2v) is 4.73. The first kappa shape index (κ1) is 11.7. The van der Waals surface area contributed by atoms with E-state index >= 15 is 0 Å². The van der Waals surface area contributed by atoms with E-state index in [4.69, 9.17) is 5.73 Å². The molecular weight excluding hydrogens is 240 g/mol. The average molecular weight is 254 g/mol. The van der Waals surface area contributed by atoms with Crippen molar-refractivity contribution in [2.45, 2.75) is 18.9 Å². The van der Waals surface area contributed by atoms with Crippen LogP contribution in [0.3, 0.4) is 0 Å². The minimum absolute atomic E-state index is 0.0167. The molecule has 0 saturated carbocycles. The van der Waals surface area contributed by atoms with Gasteiger partial charge in [0.25, 0.3) is 0 Å². The van der Waals surface area contributed by atoms with Gasteiger partial charge in [-0.15, -0.1) is 0 Å². The summed E-state index contributed by atoms with van der Waals surface area (Å²) in [4.78, 5) is 23.7. The average Bonchev–Trinajstić information content (AvgIpc) is 2.99. The van der Waals surface area contributed by atoms with Gasteiger partial charge in [-0.25, -0.2) is 0 Å². The van der Waals surface area contributed by atoms with Gasteiger partial charge in [0.15, 0.2) is 0 Å². The van der Waals surface area contributed by atoms with Crippen molar-refractivity contribution < 1.29 is 9.59 Å². The predicted octanol–water partition coefficient (Wildman–Crippen LogP) is 1.69. The summed E-state index contributed by atoms with van der Waals surface area (Å²) in [6, 6.07) is 12.8. The van der Waals surface area contributed by atoms with Gasteiger partial charge >= 0.3 is 0 Å². The molecule has 96 valence electrons. The molecule has 0 aliphatic carbocycles. The van der Waals surface area contributed by atoms with E-state index < -0.39 is 0 Å². The Hall–Kier alpha value is -2.36. The summed E-state index contributed by atoms with van der Waals surface area (Å²) in [7, 11) is 0. The molecule has 3 rings (SSSR count). The van der Waals surface area contributed by atoms with Gasteiger partial charge in [0.1, 0.15) is 0 Å². The number of amides is 1. The van der Waals surface area contributed by atoms with Crippen LogP contribution in [-0.2, 0) is 11.3 Å². The van der Waals surface area contributed by atoms with Crippen LogP contribution >= 0.6 is 0 Å². The number of hydrogen-bond donors (Lipinski definition) is 1. The molecule has 2 N–H and O–H groups in total. The number of carbonyl (C=O) groups excluding carboxylic acids is 2. The number of fused-ring (bicyclic) bond motifs is 1. The summed E-state index contributed by atoms with van der Waals surface area (Å²) >= 11 is 0. The first-order valence-electron chi connectivity index (χ1n) is 6.27. The maximum atomic E-state index is 12.4. The number of hydrogen-bond acceptors (Lipinski definition) is 2. The van der Waals surface area contributed by atoms with Crippen LogP contribution in [0.15, 0.2) is 42.5 Å². The van der Waals surface area contributed by atoms with Crippen LogP contribution < -0.4 is 5.73 Å². The van der Waals surface area contributed by atoms with E-state index in [0.29, 0.717) is 24.2 Å². The van der Waals surface area contributed by atoms with Gasteiger partial charge in [-0.05, 0) is 18.6 Å². The quantitative estimate of drug-likeness (QED) is 0.847. The Kier molecular flexibility index (Phi) is 2.71. The van der Waals surface area contributed by atoms with E-state index in [2.05, 4.69) is 0 Å². The molecule has 1 amide bonds. The van der Waals surface area contributed by atoms with E-state index in [0.717, 1.165) is 5.69 Å². The Bertz CT molecular complexity index is 643. The zero-order valence-electron chi connectivity index (χ0n) is 10.4. The van der Waals surface area contributed by atoms with E-state index in [-0.39, 0.29) is 17.6 Å². The third-order valence-electron chi connectivity index (χ3n) is 3.62. The van der Waals surface area contributed by atoms with E-state index in [9.17, 15) is 9.59 Å². The molecular formula is C15H14N2O2. The van der Waals surface area contributed by atoms with Gasteiger partial charge in [-0.2, -0.15) is 0 Å². The third-order valence-corrected chi connectivity index (χ3v) is 3.62. The highest BCUT2D eigenvalue weighted by Crippen LogP contribution is 2.30. The first-order valence-corrected chi connectivity index (χ1v) is 6.27. The van der Waals surface area contributed by atoms with Crippen LogP contribution in [0.25, 0.3) is 0 Å². The fraction of sp³-hybridized carbons (Fsp3) is 0.200. The third kappa shape index (κ3) is 1.85. The van der Waals surface area contributed by atoms with E-state index in [1.807, 2.05) is 28.8 Å². The predicted molar refractivity (Wildman–Crippen MR) is 70.9 cm³/mol. The highest BCUT2D eigenvalue weighted by Gasteiger charge is 2.30. The number of aromatic nitrogens is 1. The number of primary amides is 1. The minimum atomic E-state index is -0.324. The molecule has 0 fully saturated rings. The number of carbonyl (C=O) groups is 2. The highest BCUT2D eigenvalue weighted by molar-refractivity contribution is 6.08. The van der Waals surface area contributed by atoms with Gasteiger partial charge in [-0.1, -0.05) is 30.3 Å². The molecule has 1 atom stereocenters. The summed E-state index contributed by atoms with van der Waals surface area (Å²) in [5, 5.41) is 0. The Morgan fingerprint density at radius 2 is 1.84 bits per heavy atom. The monoisotopic (exact) mass is 254 g/mol. The highest BCUT2D eigenvalue weighted by atomic mass is 16.1. The fourth-order valence-electron chi connectivity index (χ4n) is 2.67. The zero-order valence-corrected chi connectivity index (χ0v) is 10.4. The van der Waals surface area contributed by atoms with Crippen LogP contribution in [0.4, 0.5) is 0 Å². The van der Waals surface area contributed by atoms with Crippen molar-refractivity contribution in [3.05, 3.63) is 59.4 Å². The molecule has 0 spiro atoms. The number of rotatable bonds is 3. The van der Waals surface area contributed by atoms with Gasteiger partial charge in [0.2, 0.25) is 11.7 Å². The molecule has 0 saturated heterocycles. The van der Waals surface area contributed by atoms with Gasteiger partial charge in [0.05, 0.1) is 11.6 Å². The lowest BCUT2D eigenvalue weighted by Gasteiger charge is -2.05. The maximum Gasteiger partial charge on any atom is 0.226 e. The summed E-state index contributed by atoms with van der Waals surface area (Å²) in [6.07, 6.45) is 0.681. The molecule has 4 heteroatoms. The molecule has 1 unspecified atom stereocenters. The molecule has 1 aromatic heterocycles. The lowest BCUT2D eigenvalue weighted by molar-refractivity contribution is -0.119. The lowest BCUT2D eigenvalue weighted by atomic mass is 10.0. The molecule has 1 aromatic carbocycles. The zero-order chi connectivity index (χ0) is 13.4. The molecule has 19 heavy (non-hydrogen) atoms. The molecule has 2 heterocycles. The Balaban J connectivity index is 1.99. The molecule has 1 aliphatic rings. The van der Waals surface area contributed by atoms with Crippen LogP contribution in [0.2, 0.25) is 0 Å². The fourth-order valence-corrected chi connectivity index (χ4v) is 2.67. The van der Waals surface area contributed by atoms with Crippen molar-refractivity contribution in [3.8, 4) is 0 Å². The molecule has 0 radical (unpaired) electrons. The van der Waals surface area contributed by atoms with Crippen molar-refractivity contribution in [2.75, 3.05) is 0 Å². The van der Waals surface area contributed by atoms with E-state index in [1.165, 1.54) is 0 Å². The van der Waals surface area contributed by atoms with Gasteiger partial charge < -0.3 is 10.3 Å². The normalized spacial score (nSPS) is 17.2. The second kappa shape index (κ2) is 4.39. The van der Waals surface area contributed by atoms with Crippen LogP contribution in [0, 0.1) is 0 Å². The summed E-state index contributed by atoms with van der Waals surface area (Å²) in [6.45, 7) is 0.670. The van der Waals surface area contributed by atoms with Crippen molar-refractivity contribution >= 4 is 11.7 Å². The van der Waals surface area contributed by atoms with Crippen molar-refractivity contribution in [1.82, 2.24) is 4.57 Å².